The Morgan fingerprint density at radius 2 is 1.89 bits per heavy atom. The number of urea groups is 1. The first-order chi connectivity index (χ1) is 12.7. The number of nitrogens with one attached hydrogen (secondary N) is 2. The van der Waals surface area contributed by atoms with Crippen LogP contribution in [-0.4, -0.2) is 39.0 Å². The molecule has 1 heterocycles. The molecule has 2 rings (SSSR count). The Morgan fingerprint density at radius 3 is 2.48 bits per heavy atom. The summed E-state index contributed by atoms with van der Waals surface area (Å²) in [6.07, 6.45) is 1.54. The number of hydrogen-bond acceptors (Lipinski definition) is 5. The summed E-state index contributed by atoms with van der Waals surface area (Å²) in [4.78, 5) is 23.3. The molecule has 144 valence electrons. The second kappa shape index (κ2) is 8.85. The van der Waals surface area contributed by atoms with Gasteiger partial charge in [-0.15, -0.1) is 16.8 Å². The normalized spacial score (nSPS) is 11.1. The van der Waals surface area contributed by atoms with E-state index in [2.05, 4.69) is 60.3 Å². The van der Waals surface area contributed by atoms with E-state index < -0.39 is 11.9 Å². The molecule has 1 aromatic carbocycles. The second-order valence-electron chi connectivity index (χ2n) is 7.03. The number of imide groups is 1. The van der Waals surface area contributed by atoms with Crippen LogP contribution in [0.1, 0.15) is 26.3 Å². The third kappa shape index (κ3) is 5.68. The van der Waals surface area contributed by atoms with E-state index in [1.807, 2.05) is 23.7 Å². The predicted octanol–water partition coefficient (Wildman–Crippen LogP) is 2.88. The van der Waals surface area contributed by atoms with Gasteiger partial charge in [0.05, 0.1) is 5.75 Å². The number of benzene rings is 1. The van der Waals surface area contributed by atoms with Gasteiger partial charge in [-0.1, -0.05) is 62.9 Å². The standard InChI is InChI=1S/C19H25N5O2S/c1-6-11-20-17(26)21-15(25)12-27-18-23-22-16(24(18)5)13-7-9-14(10-8-13)19(2,3)4/h6-10H,1,11-12H2,2-5H3,(H2,20,21,25,26). The van der Waals surface area contributed by atoms with Crippen LogP contribution in [0.5, 0.6) is 0 Å². The Bertz CT molecular complexity index is 822. The number of nitrogens with zero attached hydrogens (tertiary/aromatic N) is 3. The highest BCUT2D eigenvalue weighted by atomic mass is 32.2. The third-order valence-corrected chi connectivity index (χ3v) is 4.86. The lowest BCUT2D eigenvalue weighted by Gasteiger charge is -2.19. The van der Waals surface area contributed by atoms with Crippen LogP contribution in [0, 0.1) is 0 Å². The maximum atomic E-state index is 11.8. The lowest BCUT2D eigenvalue weighted by Crippen LogP contribution is -2.40. The maximum absolute atomic E-state index is 11.8. The number of carbonyl (C=O) groups is 2. The van der Waals surface area contributed by atoms with E-state index >= 15 is 0 Å². The van der Waals surface area contributed by atoms with Gasteiger partial charge in [0.2, 0.25) is 5.91 Å². The summed E-state index contributed by atoms with van der Waals surface area (Å²) in [5.74, 6) is 0.388. The Labute approximate surface area is 163 Å². The van der Waals surface area contributed by atoms with Crippen molar-refractivity contribution in [3.63, 3.8) is 0 Å². The number of rotatable bonds is 6. The number of thioether (sulfide) groups is 1. The van der Waals surface area contributed by atoms with Crippen molar-refractivity contribution in [2.24, 2.45) is 7.05 Å². The summed E-state index contributed by atoms with van der Waals surface area (Å²) in [5.41, 5.74) is 2.29. The summed E-state index contributed by atoms with van der Waals surface area (Å²) in [7, 11) is 1.85. The molecule has 0 fully saturated rings. The first kappa shape index (κ1) is 20.7. The van der Waals surface area contributed by atoms with Crippen molar-refractivity contribution in [2.75, 3.05) is 12.3 Å². The first-order valence-corrected chi connectivity index (χ1v) is 9.52. The van der Waals surface area contributed by atoms with Gasteiger partial charge in [-0.2, -0.15) is 0 Å². The van der Waals surface area contributed by atoms with E-state index in [4.69, 9.17) is 0 Å². The van der Waals surface area contributed by atoms with E-state index in [1.165, 1.54) is 23.4 Å². The minimum atomic E-state index is -0.543. The van der Waals surface area contributed by atoms with Gasteiger partial charge in [-0.3, -0.25) is 10.1 Å². The molecule has 0 unspecified atom stereocenters. The molecule has 0 spiro atoms. The van der Waals surface area contributed by atoms with Crippen LogP contribution in [-0.2, 0) is 17.3 Å². The van der Waals surface area contributed by atoms with E-state index in [0.717, 1.165) is 11.4 Å². The van der Waals surface area contributed by atoms with Crippen molar-refractivity contribution in [1.29, 1.82) is 0 Å². The molecule has 8 heteroatoms. The largest absolute Gasteiger partial charge is 0.334 e. The fourth-order valence-electron chi connectivity index (χ4n) is 2.31. The minimum Gasteiger partial charge on any atom is -0.334 e. The van der Waals surface area contributed by atoms with Gasteiger partial charge in [0.15, 0.2) is 11.0 Å². The number of amides is 3. The van der Waals surface area contributed by atoms with Crippen molar-refractivity contribution in [1.82, 2.24) is 25.4 Å². The zero-order valence-corrected chi connectivity index (χ0v) is 16.9. The van der Waals surface area contributed by atoms with Crippen molar-refractivity contribution >= 4 is 23.7 Å². The molecule has 0 aliphatic carbocycles. The molecule has 0 saturated carbocycles. The van der Waals surface area contributed by atoms with E-state index in [9.17, 15) is 9.59 Å². The van der Waals surface area contributed by atoms with Crippen LogP contribution in [0.25, 0.3) is 11.4 Å². The molecular formula is C19H25N5O2S. The Morgan fingerprint density at radius 1 is 1.22 bits per heavy atom. The van der Waals surface area contributed by atoms with Gasteiger partial charge in [-0.05, 0) is 11.0 Å². The highest BCUT2D eigenvalue weighted by molar-refractivity contribution is 7.99. The molecule has 3 amide bonds. The van der Waals surface area contributed by atoms with Gasteiger partial charge >= 0.3 is 6.03 Å². The van der Waals surface area contributed by atoms with Gasteiger partial charge in [0, 0.05) is 19.2 Å². The van der Waals surface area contributed by atoms with Crippen LogP contribution in [0.15, 0.2) is 42.1 Å². The Hall–Kier alpha value is -2.61. The third-order valence-electron chi connectivity index (χ3n) is 3.84. The van der Waals surface area contributed by atoms with Crippen LogP contribution >= 0.6 is 11.8 Å². The number of hydrogen-bond donors (Lipinski definition) is 2. The van der Waals surface area contributed by atoms with Crippen molar-refractivity contribution in [3.05, 3.63) is 42.5 Å². The van der Waals surface area contributed by atoms with Gasteiger partial charge in [0.25, 0.3) is 0 Å². The molecule has 2 N–H and O–H groups in total. The molecule has 7 nitrogen and oxygen atoms in total. The van der Waals surface area contributed by atoms with Crippen LogP contribution in [0.3, 0.4) is 0 Å². The fraction of sp³-hybridized carbons (Fsp3) is 0.368. The zero-order valence-electron chi connectivity index (χ0n) is 16.1. The Kier molecular flexibility index (Phi) is 6.79. The van der Waals surface area contributed by atoms with Gasteiger partial charge in [-0.25, -0.2) is 4.79 Å². The summed E-state index contributed by atoms with van der Waals surface area (Å²) < 4.78 is 1.84. The van der Waals surface area contributed by atoms with Gasteiger partial charge in [0.1, 0.15) is 0 Å². The molecule has 2 aromatic rings. The van der Waals surface area contributed by atoms with Crippen molar-refractivity contribution < 1.29 is 9.59 Å². The highest BCUT2D eigenvalue weighted by Gasteiger charge is 2.16. The van der Waals surface area contributed by atoms with Gasteiger partial charge < -0.3 is 9.88 Å². The van der Waals surface area contributed by atoms with E-state index in [-0.39, 0.29) is 11.2 Å². The number of carbonyl (C=O) groups excluding carboxylic acids is 2. The predicted molar refractivity (Wildman–Crippen MR) is 108 cm³/mol. The maximum Gasteiger partial charge on any atom is 0.321 e. The molecule has 0 bridgehead atoms. The lowest BCUT2D eigenvalue weighted by molar-refractivity contribution is -0.117. The Balaban J connectivity index is 2.00. The smallest absolute Gasteiger partial charge is 0.321 e. The second-order valence-corrected chi connectivity index (χ2v) is 7.97. The average Bonchev–Trinajstić information content (AvgIpc) is 2.98. The number of aromatic nitrogens is 3. The zero-order chi connectivity index (χ0) is 20.0. The highest BCUT2D eigenvalue weighted by Crippen LogP contribution is 2.26. The average molecular weight is 388 g/mol. The molecule has 27 heavy (non-hydrogen) atoms. The summed E-state index contributed by atoms with van der Waals surface area (Å²) in [6, 6.07) is 7.68. The summed E-state index contributed by atoms with van der Waals surface area (Å²) >= 11 is 1.22. The van der Waals surface area contributed by atoms with Crippen molar-refractivity contribution in [2.45, 2.75) is 31.3 Å². The van der Waals surface area contributed by atoms with Crippen LogP contribution < -0.4 is 10.6 Å². The molecule has 1 aromatic heterocycles. The van der Waals surface area contributed by atoms with E-state index in [0.29, 0.717) is 11.7 Å². The molecule has 0 aliphatic rings. The molecule has 0 radical (unpaired) electrons. The minimum absolute atomic E-state index is 0.0659. The van der Waals surface area contributed by atoms with Crippen LogP contribution in [0.4, 0.5) is 4.79 Å². The van der Waals surface area contributed by atoms with E-state index in [1.54, 1.807) is 0 Å². The molecule has 0 saturated heterocycles. The summed E-state index contributed by atoms with van der Waals surface area (Å²) in [5, 5.41) is 13.7. The first-order valence-electron chi connectivity index (χ1n) is 8.54. The topological polar surface area (TPSA) is 88.9 Å². The summed E-state index contributed by atoms with van der Waals surface area (Å²) in [6.45, 7) is 10.3. The van der Waals surface area contributed by atoms with Crippen molar-refractivity contribution in [3.8, 4) is 11.4 Å². The quantitative estimate of drug-likeness (QED) is 0.588. The lowest BCUT2D eigenvalue weighted by atomic mass is 9.87. The molecule has 0 atom stereocenters. The molecular weight excluding hydrogens is 362 g/mol. The SMILES string of the molecule is C=CCNC(=O)NC(=O)CSc1nnc(-c2ccc(C(C)(C)C)cc2)n1C. The fourth-order valence-corrected chi connectivity index (χ4v) is 3.02. The van der Waals surface area contributed by atoms with Crippen LogP contribution in [0.2, 0.25) is 0 Å². The monoisotopic (exact) mass is 387 g/mol. The molecule has 0 aliphatic heterocycles.